The number of benzene rings is 2. The zero-order valence-corrected chi connectivity index (χ0v) is 19.4. The standard InChI is InChI=1S/C25H30ClN3O3/c1-17-3-8-23-22(15-17)29(16-18(2)32-23)25(31)28-13-10-20(11-14-28)24(30)27-12-9-19-4-6-21(26)7-5-19/h3-8,15,18,20H,9-14,16H2,1-2H3,(H,27,30). The molecule has 0 bridgehead atoms. The molecule has 1 unspecified atom stereocenters. The van der Waals surface area contributed by atoms with Crippen LogP contribution in [0.1, 0.15) is 30.9 Å². The average Bonchev–Trinajstić information content (AvgIpc) is 2.79. The van der Waals surface area contributed by atoms with Crippen molar-refractivity contribution >= 4 is 29.2 Å². The van der Waals surface area contributed by atoms with E-state index in [1.165, 1.54) is 0 Å². The third-order valence-corrected chi connectivity index (χ3v) is 6.42. The fourth-order valence-corrected chi connectivity index (χ4v) is 4.48. The molecule has 2 heterocycles. The molecule has 3 amide bonds. The first-order valence-electron chi connectivity index (χ1n) is 11.3. The van der Waals surface area contributed by atoms with Gasteiger partial charge in [-0.15, -0.1) is 0 Å². The highest BCUT2D eigenvalue weighted by molar-refractivity contribution is 6.30. The van der Waals surface area contributed by atoms with Crippen LogP contribution in [0.2, 0.25) is 5.02 Å². The van der Waals surface area contributed by atoms with Crippen molar-refractivity contribution in [3.8, 4) is 5.75 Å². The number of hydrogen-bond donors (Lipinski definition) is 1. The predicted octanol–water partition coefficient (Wildman–Crippen LogP) is 4.43. The van der Waals surface area contributed by atoms with E-state index >= 15 is 0 Å². The van der Waals surface area contributed by atoms with Crippen LogP contribution in [0, 0.1) is 12.8 Å². The molecule has 2 aliphatic rings. The summed E-state index contributed by atoms with van der Waals surface area (Å²) in [6, 6.07) is 13.6. The Morgan fingerprint density at radius 2 is 1.84 bits per heavy atom. The quantitative estimate of drug-likeness (QED) is 0.742. The Hall–Kier alpha value is -2.73. The minimum atomic E-state index is -0.0573. The van der Waals surface area contributed by atoms with Crippen LogP contribution in [0.15, 0.2) is 42.5 Å². The number of likely N-dealkylation sites (tertiary alicyclic amines) is 1. The van der Waals surface area contributed by atoms with Crippen LogP contribution in [-0.2, 0) is 11.2 Å². The largest absolute Gasteiger partial charge is 0.487 e. The van der Waals surface area contributed by atoms with Gasteiger partial charge in [0.15, 0.2) is 0 Å². The SMILES string of the molecule is Cc1ccc2c(c1)N(C(=O)N1CCC(C(=O)NCCc3ccc(Cl)cc3)CC1)CC(C)O2. The highest BCUT2D eigenvalue weighted by Gasteiger charge is 2.33. The third-order valence-electron chi connectivity index (χ3n) is 6.17. The fourth-order valence-electron chi connectivity index (χ4n) is 4.36. The lowest BCUT2D eigenvalue weighted by Crippen LogP contribution is -2.52. The number of hydrogen-bond acceptors (Lipinski definition) is 3. The van der Waals surface area contributed by atoms with Gasteiger partial charge < -0.3 is 15.0 Å². The Morgan fingerprint density at radius 3 is 2.56 bits per heavy atom. The lowest BCUT2D eigenvalue weighted by atomic mass is 9.96. The number of halogens is 1. The summed E-state index contributed by atoms with van der Waals surface area (Å²) in [5, 5.41) is 3.76. The fraction of sp³-hybridized carbons (Fsp3) is 0.440. The third kappa shape index (κ3) is 5.18. The molecule has 0 aromatic heterocycles. The summed E-state index contributed by atoms with van der Waals surface area (Å²) in [5.74, 6) is 0.770. The number of carbonyl (C=O) groups is 2. The van der Waals surface area contributed by atoms with Crippen LogP contribution in [0.25, 0.3) is 0 Å². The van der Waals surface area contributed by atoms with E-state index in [-0.39, 0.29) is 24.0 Å². The molecule has 0 saturated carbocycles. The molecule has 170 valence electrons. The van der Waals surface area contributed by atoms with E-state index in [9.17, 15) is 9.59 Å². The van der Waals surface area contributed by atoms with Crippen molar-refractivity contribution in [3.05, 3.63) is 58.6 Å². The smallest absolute Gasteiger partial charge is 0.324 e. The minimum Gasteiger partial charge on any atom is -0.487 e. The van der Waals surface area contributed by atoms with Crippen LogP contribution in [0.5, 0.6) is 5.75 Å². The highest BCUT2D eigenvalue weighted by Crippen LogP contribution is 2.35. The number of ether oxygens (including phenoxy) is 1. The number of anilines is 1. The average molecular weight is 456 g/mol. The second kappa shape index (κ2) is 9.82. The maximum Gasteiger partial charge on any atom is 0.324 e. The molecule has 1 saturated heterocycles. The van der Waals surface area contributed by atoms with Crippen LogP contribution < -0.4 is 15.0 Å². The van der Waals surface area contributed by atoms with Gasteiger partial charge in [-0.1, -0.05) is 29.8 Å². The first-order valence-corrected chi connectivity index (χ1v) is 11.6. The van der Waals surface area contributed by atoms with Crippen LogP contribution >= 0.6 is 11.6 Å². The summed E-state index contributed by atoms with van der Waals surface area (Å²) in [5.41, 5.74) is 3.06. The molecular formula is C25H30ClN3O3. The Balaban J connectivity index is 1.29. The summed E-state index contributed by atoms with van der Waals surface area (Å²) in [6.45, 7) is 6.28. The van der Waals surface area contributed by atoms with Crippen molar-refractivity contribution in [3.63, 3.8) is 0 Å². The summed E-state index contributed by atoms with van der Waals surface area (Å²) in [6.07, 6.45) is 2.07. The van der Waals surface area contributed by atoms with Gasteiger partial charge in [-0.05, 0) is 68.5 Å². The Bertz CT molecular complexity index is 971. The van der Waals surface area contributed by atoms with E-state index in [4.69, 9.17) is 16.3 Å². The molecule has 0 aliphatic carbocycles. The van der Waals surface area contributed by atoms with E-state index in [0.717, 1.165) is 29.0 Å². The topological polar surface area (TPSA) is 61.9 Å². The van der Waals surface area contributed by atoms with Crippen molar-refractivity contribution < 1.29 is 14.3 Å². The van der Waals surface area contributed by atoms with Crippen molar-refractivity contribution in [2.75, 3.05) is 31.1 Å². The van der Waals surface area contributed by atoms with Gasteiger partial charge in [0.1, 0.15) is 11.9 Å². The van der Waals surface area contributed by atoms with E-state index in [0.29, 0.717) is 44.0 Å². The molecular weight excluding hydrogens is 426 g/mol. The highest BCUT2D eigenvalue weighted by atomic mass is 35.5. The predicted molar refractivity (Wildman–Crippen MR) is 126 cm³/mol. The molecule has 1 N–H and O–H groups in total. The molecule has 2 aromatic carbocycles. The monoisotopic (exact) mass is 455 g/mol. The van der Waals surface area contributed by atoms with Gasteiger partial charge in [0.2, 0.25) is 5.91 Å². The van der Waals surface area contributed by atoms with Gasteiger partial charge in [0.05, 0.1) is 12.2 Å². The number of carbonyl (C=O) groups excluding carboxylic acids is 2. The zero-order valence-electron chi connectivity index (χ0n) is 18.6. The molecule has 32 heavy (non-hydrogen) atoms. The van der Waals surface area contributed by atoms with Crippen LogP contribution in [-0.4, -0.2) is 49.1 Å². The zero-order chi connectivity index (χ0) is 22.7. The maximum atomic E-state index is 13.3. The molecule has 1 atom stereocenters. The van der Waals surface area contributed by atoms with Gasteiger partial charge in [-0.25, -0.2) is 4.79 Å². The Kier molecular flexibility index (Phi) is 6.89. The number of amides is 3. The number of rotatable bonds is 4. The Morgan fingerprint density at radius 1 is 1.12 bits per heavy atom. The normalized spacial score (nSPS) is 18.7. The number of fused-ring (bicyclic) bond motifs is 1. The van der Waals surface area contributed by atoms with Gasteiger partial charge in [0, 0.05) is 30.6 Å². The second-order valence-electron chi connectivity index (χ2n) is 8.72. The van der Waals surface area contributed by atoms with Gasteiger partial charge in [0.25, 0.3) is 0 Å². The van der Waals surface area contributed by atoms with Gasteiger partial charge in [-0.3, -0.25) is 9.69 Å². The molecule has 1 fully saturated rings. The second-order valence-corrected chi connectivity index (χ2v) is 9.16. The van der Waals surface area contributed by atoms with Crippen molar-refractivity contribution in [2.45, 2.75) is 39.2 Å². The molecule has 0 spiro atoms. The van der Waals surface area contributed by atoms with Gasteiger partial charge in [-0.2, -0.15) is 0 Å². The molecule has 2 aliphatic heterocycles. The lowest BCUT2D eigenvalue weighted by Gasteiger charge is -2.39. The number of piperidine rings is 1. The van der Waals surface area contributed by atoms with E-state index in [1.54, 1.807) is 0 Å². The molecule has 2 aromatic rings. The summed E-state index contributed by atoms with van der Waals surface area (Å²) >= 11 is 5.91. The molecule has 6 nitrogen and oxygen atoms in total. The molecule has 4 rings (SSSR count). The van der Waals surface area contributed by atoms with Gasteiger partial charge >= 0.3 is 6.03 Å². The van der Waals surface area contributed by atoms with Crippen molar-refractivity contribution in [1.82, 2.24) is 10.2 Å². The summed E-state index contributed by atoms with van der Waals surface area (Å²) < 4.78 is 5.91. The van der Waals surface area contributed by atoms with E-state index in [2.05, 4.69) is 5.32 Å². The lowest BCUT2D eigenvalue weighted by molar-refractivity contribution is -0.126. The van der Waals surface area contributed by atoms with Crippen molar-refractivity contribution in [2.24, 2.45) is 5.92 Å². The number of nitrogens with zero attached hydrogens (tertiary/aromatic N) is 2. The Labute approximate surface area is 194 Å². The van der Waals surface area contributed by atoms with Crippen molar-refractivity contribution in [1.29, 1.82) is 0 Å². The molecule has 7 heteroatoms. The first-order chi connectivity index (χ1) is 15.4. The van der Waals surface area contributed by atoms with Crippen LogP contribution in [0.4, 0.5) is 10.5 Å². The maximum absolute atomic E-state index is 13.3. The number of nitrogens with one attached hydrogen (secondary N) is 1. The van der Waals surface area contributed by atoms with E-state index in [1.807, 2.05) is 66.1 Å². The summed E-state index contributed by atoms with van der Waals surface area (Å²) in [7, 11) is 0. The number of urea groups is 1. The number of aryl methyl sites for hydroxylation is 1. The van der Waals surface area contributed by atoms with Crippen LogP contribution in [0.3, 0.4) is 0 Å². The molecule has 0 radical (unpaired) electrons. The van der Waals surface area contributed by atoms with E-state index < -0.39 is 0 Å². The summed E-state index contributed by atoms with van der Waals surface area (Å²) in [4.78, 5) is 29.6. The first kappa shape index (κ1) is 22.5. The minimum absolute atomic E-state index is 0.00593.